The maximum absolute atomic E-state index is 12.9. The summed E-state index contributed by atoms with van der Waals surface area (Å²) in [4.78, 5) is 0. The maximum atomic E-state index is 12.9. The maximum Gasteiger partial charge on any atom is 0.174 e. The van der Waals surface area contributed by atoms with Gasteiger partial charge in [-0.15, -0.1) is 0 Å². The summed E-state index contributed by atoms with van der Waals surface area (Å²) >= 11 is 0. The molecule has 0 aliphatic carbocycles. The molecule has 1 atom stereocenters. The van der Waals surface area contributed by atoms with Gasteiger partial charge in [0.15, 0.2) is 5.76 Å². The molecule has 0 unspecified atom stereocenters. The first-order chi connectivity index (χ1) is 12.6. The molecule has 7 heteroatoms. The number of aliphatic hydroxyl groups is 2. The summed E-state index contributed by atoms with van der Waals surface area (Å²) in [6.07, 6.45) is -0.908. The van der Waals surface area contributed by atoms with Crippen LogP contribution in [0.15, 0.2) is 59.1 Å². The van der Waals surface area contributed by atoms with Crippen LogP contribution in [0.5, 0.6) is 11.5 Å². The summed E-state index contributed by atoms with van der Waals surface area (Å²) in [6, 6.07) is 14.6. The standard InChI is InChI=1S/C19H18FNO5/c20-14-3-7-17(8-4-14)25-12-18-9-19(21-26-18)13-1-5-16(6-2-13)24-11-15(23)10-22/h1-9,15,22-23H,10-12H2/t15-/m0/s1. The average molecular weight is 359 g/mol. The molecule has 0 spiro atoms. The summed E-state index contributed by atoms with van der Waals surface area (Å²) < 4.78 is 29.0. The van der Waals surface area contributed by atoms with Gasteiger partial charge in [-0.25, -0.2) is 4.39 Å². The molecule has 0 amide bonds. The minimum Gasteiger partial charge on any atom is -0.491 e. The Morgan fingerprint density at radius 2 is 1.65 bits per heavy atom. The first-order valence-electron chi connectivity index (χ1n) is 8.00. The van der Waals surface area contributed by atoms with Gasteiger partial charge in [0.1, 0.15) is 42.3 Å². The molecule has 0 radical (unpaired) electrons. The van der Waals surface area contributed by atoms with Crippen molar-refractivity contribution in [2.75, 3.05) is 13.2 Å². The second kappa shape index (κ2) is 8.46. The van der Waals surface area contributed by atoms with E-state index in [0.717, 1.165) is 5.56 Å². The smallest absolute Gasteiger partial charge is 0.174 e. The summed E-state index contributed by atoms with van der Waals surface area (Å²) in [7, 11) is 0. The van der Waals surface area contributed by atoms with Crippen LogP contribution in [0.1, 0.15) is 5.76 Å². The lowest BCUT2D eigenvalue weighted by Gasteiger charge is -2.09. The van der Waals surface area contributed by atoms with Crippen LogP contribution in [0.2, 0.25) is 0 Å². The molecule has 26 heavy (non-hydrogen) atoms. The van der Waals surface area contributed by atoms with E-state index in [4.69, 9.17) is 19.1 Å². The molecule has 1 heterocycles. The van der Waals surface area contributed by atoms with Crippen molar-refractivity contribution in [3.8, 4) is 22.8 Å². The SMILES string of the molecule is OC[C@H](O)COc1ccc(-c2cc(COc3ccc(F)cc3)on2)cc1. The summed E-state index contributed by atoms with van der Waals surface area (Å²) in [6.45, 7) is -0.149. The van der Waals surface area contributed by atoms with Gasteiger partial charge in [0.05, 0.1) is 6.61 Å². The number of halogens is 1. The van der Waals surface area contributed by atoms with Gasteiger partial charge in [0.25, 0.3) is 0 Å². The topological polar surface area (TPSA) is 85.0 Å². The molecule has 3 aromatic rings. The average Bonchev–Trinajstić information content (AvgIpc) is 3.15. The third kappa shape index (κ3) is 4.81. The van der Waals surface area contributed by atoms with Gasteiger partial charge in [-0.05, 0) is 48.5 Å². The van der Waals surface area contributed by atoms with Crippen LogP contribution in [0.4, 0.5) is 4.39 Å². The minimum atomic E-state index is -0.908. The largest absolute Gasteiger partial charge is 0.491 e. The Kier molecular flexibility index (Phi) is 5.83. The van der Waals surface area contributed by atoms with Crippen LogP contribution in [0.25, 0.3) is 11.3 Å². The molecule has 0 saturated carbocycles. The van der Waals surface area contributed by atoms with E-state index < -0.39 is 6.10 Å². The van der Waals surface area contributed by atoms with Crippen molar-refractivity contribution in [1.29, 1.82) is 0 Å². The van der Waals surface area contributed by atoms with Crippen molar-refractivity contribution in [1.82, 2.24) is 5.16 Å². The first-order valence-corrected chi connectivity index (χ1v) is 8.00. The van der Waals surface area contributed by atoms with E-state index in [2.05, 4.69) is 5.16 Å². The van der Waals surface area contributed by atoms with Crippen LogP contribution in [-0.4, -0.2) is 34.7 Å². The zero-order valence-electron chi connectivity index (χ0n) is 13.8. The highest BCUT2D eigenvalue weighted by Crippen LogP contribution is 2.23. The van der Waals surface area contributed by atoms with Gasteiger partial charge in [0.2, 0.25) is 0 Å². The van der Waals surface area contributed by atoms with E-state index in [-0.39, 0.29) is 25.6 Å². The molecule has 0 fully saturated rings. The van der Waals surface area contributed by atoms with Crippen molar-refractivity contribution < 1.29 is 28.6 Å². The first kappa shape index (κ1) is 17.9. The molecular weight excluding hydrogens is 341 g/mol. The van der Waals surface area contributed by atoms with Crippen molar-refractivity contribution >= 4 is 0 Å². The van der Waals surface area contributed by atoms with Gasteiger partial charge in [-0.1, -0.05) is 5.16 Å². The van der Waals surface area contributed by atoms with Crippen LogP contribution in [-0.2, 0) is 6.61 Å². The third-order valence-electron chi connectivity index (χ3n) is 3.56. The van der Waals surface area contributed by atoms with E-state index in [1.165, 1.54) is 12.1 Å². The highest BCUT2D eigenvalue weighted by molar-refractivity contribution is 5.59. The van der Waals surface area contributed by atoms with E-state index in [0.29, 0.717) is 23.0 Å². The Morgan fingerprint density at radius 1 is 1.00 bits per heavy atom. The zero-order chi connectivity index (χ0) is 18.4. The molecule has 2 N–H and O–H groups in total. The second-order valence-corrected chi connectivity index (χ2v) is 5.59. The van der Waals surface area contributed by atoms with E-state index in [1.807, 2.05) is 12.1 Å². The number of aromatic nitrogens is 1. The van der Waals surface area contributed by atoms with Gasteiger partial charge >= 0.3 is 0 Å². The second-order valence-electron chi connectivity index (χ2n) is 5.59. The van der Waals surface area contributed by atoms with Gasteiger partial charge in [-0.2, -0.15) is 0 Å². The van der Waals surface area contributed by atoms with E-state index >= 15 is 0 Å². The number of nitrogens with zero attached hydrogens (tertiary/aromatic N) is 1. The lowest BCUT2D eigenvalue weighted by molar-refractivity contribution is 0.0536. The summed E-state index contributed by atoms with van der Waals surface area (Å²) in [5.41, 5.74) is 1.47. The Labute approximate surface area is 149 Å². The molecule has 0 aliphatic heterocycles. The normalized spacial score (nSPS) is 12.0. The number of ether oxygens (including phenoxy) is 2. The lowest BCUT2D eigenvalue weighted by atomic mass is 10.1. The predicted octanol–water partition coefficient (Wildman–Crippen LogP) is 2.79. The number of aliphatic hydroxyl groups excluding tert-OH is 2. The van der Waals surface area contributed by atoms with Gasteiger partial charge in [0, 0.05) is 11.6 Å². The van der Waals surface area contributed by atoms with Crippen molar-refractivity contribution in [2.45, 2.75) is 12.7 Å². The Morgan fingerprint density at radius 3 is 2.35 bits per heavy atom. The van der Waals surface area contributed by atoms with Crippen LogP contribution >= 0.6 is 0 Å². The van der Waals surface area contributed by atoms with Crippen LogP contribution in [0.3, 0.4) is 0 Å². The summed E-state index contributed by atoms with van der Waals surface area (Å²) in [5.74, 6) is 1.33. The fourth-order valence-electron chi connectivity index (χ4n) is 2.17. The molecule has 2 aromatic carbocycles. The van der Waals surface area contributed by atoms with E-state index in [9.17, 15) is 9.50 Å². The third-order valence-corrected chi connectivity index (χ3v) is 3.56. The molecule has 3 rings (SSSR count). The Balaban J connectivity index is 1.57. The fraction of sp³-hybridized carbons (Fsp3) is 0.211. The monoisotopic (exact) mass is 359 g/mol. The van der Waals surface area contributed by atoms with Gasteiger partial charge < -0.3 is 24.2 Å². The highest BCUT2D eigenvalue weighted by atomic mass is 19.1. The van der Waals surface area contributed by atoms with Crippen LogP contribution in [0, 0.1) is 5.82 Å². The van der Waals surface area contributed by atoms with Crippen molar-refractivity contribution in [3.63, 3.8) is 0 Å². The number of benzene rings is 2. The predicted molar refractivity (Wildman–Crippen MR) is 91.3 cm³/mol. The lowest BCUT2D eigenvalue weighted by Crippen LogP contribution is -2.21. The number of hydrogen-bond donors (Lipinski definition) is 2. The number of hydrogen-bond acceptors (Lipinski definition) is 6. The molecule has 136 valence electrons. The Hall–Kier alpha value is -2.90. The molecule has 1 aromatic heterocycles. The molecule has 0 aliphatic rings. The molecule has 0 saturated heterocycles. The Bertz CT molecular complexity index is 817. The van der Waals surface area contributed by atoms with E-state index in [1.54, 1.807) is 30.3 Å². The van der Waals surface area contributed by atoms with Crippen molar-refractivity contribution in [3.05, 3.63) is 66.2 Å². The zero-order valence-corrected chi connectivity index (χ0v) is 13.8. The summed E-state index contributed by atoms with van der Waals surface area (Å²) in [5, 5.41) is 22.0. The van der Waals surface area contributed by atoms with Crippen molar-refractivity contribution in [2.24, 2.45) is 0 Å². The minimum absolute atomic E-state index is 0.0185. The quantitative estimate of drug-likeness (QED) is 0.643. The molecule has 6 nitrogen and oxygen atoms in total. The molecule has 0 bridgehead atoms. The number of rotatable bonds is 8. The van der Waals surface area contributed by atoms with Crippen LogP contribution < -0.4 is 9.47 Å². The van der Waals surface area contributed by atoms with Gasteiger partial charge in [-0.3, -0.25) is 0 Å². The fourth-order valence-corrected chi connectivity index (χ4v) is 2.17. The highest BCUT2D eigenvalue weighted by Gasteiger charge is 2.08. The molecular formula is C19H18FNO5.